The van der Waals surface area contributed by atoms with E-state index in [2.05, 4.69) is 38.6 Å². The molecule has 8 atom stereocenters. The lowest BCUT2D eigenvalue weighted by Crippen LogP contribution is -2.53. The maximum absolute atomic E-state index is 6.16. The smallest absolute Gasteiger partial charge is 0.0978 e. The van der Waals surface area contributed by atoms with E-state index in [4.69, 9.17) is 4.74 Å². The van der Waals surface area contributed by atoms with E-state index in [1.54, 1.807) is 10.5 Å². The number of fused-ring (bicyclic) bond motifs is 4. The summed E-state index contributed by atoms with van der Waals surface area (Å²) in [5, 5.41) is 0. The van der Waals surface area contributed by atoms with Gasteiger partial charge in [0.1, 0.15) is 0 Å². The molecule has 5 aliphatic carbocycles. The van der Waals surface area contributed by atoms with Crippen LogP contribution in [0.4, 0.5) is 0 Å². The average molecular weight is 389 g/mol. The number of hydrogen-bond acceptors (Lipinski definition) is 3. The van der Waals surface area contributed by atoms with Crippen molar-refractivity contribution in [3.63, 3.8) is 0 Å². The zero-order chi connectivity index (χ0) is 17.7. The fourth-order valence-corrected chi connectivity index (χ4v) is 9.68. The lowest BCUT2D eigenvalue weighted by Gasteiger charge is -2.57. The molecule has 4 fully saturated rings. The van der Waals surface area contributed by atoms with Crippen LogP contribution in [0.3, 0.4) is 0 Å². The van der Waals surface area contributed by atoms with Gasteiger partial charge in [-0.2, -0.15) is 12.6 Å². The van der Waals surface area contributed by atoms with E-state index in [1.807, 2.05) is 11.8 Å². The summed E-state index contributed by atoms with van der Waals surface area (Å²) in [5.41, 5.74) is 3.09. The molecule has 1 nitrogen and oxygen atoms in total. The molecule has 3 heteroatoms. The van der Waals surface area contributed by atoms with Gasteiger partial charge < -0.3 is 4.74 Å². The summed E-state index contributed by atoms with van der Waals surface area (Å²) in [6.07, 6.45) is 13.7. The molecule has 0 bridgehead atoms. The second kappa shape index (κ2) is 5.39. The zero-order valence-corrected chi connectivity index (χ0v) is 17.9. The third-order valence-corrected chi connectivity index (χ3v) is 11.3. The first kappa shape index (κ1) is 17.0. The van der Waals surface area contributed by atoms with Crippen LogP contribution in [-0.4, -0.2) is 23.7 Å². The highest BCUT2D eigenvalue weighted by Gasteiger charge is 2.85. The Morgan fingerprint density at radius 1 is 1.31 bits per heavy atom. The predicted octanol–water partition coefficient (Wildman–Crippen LogP) is 5.73. The van der Waals surface area contributed by atoms with Crippen LogP contribution < -0.4 is 0 Å². The first-order valence-electron chi connectivity index (χ1n) is 10.8. The second-order valence-electron chi connectivity index (χ2n) is 10.3. The summed E-state index contributed by atoms with van der Waals surface area (Å²) in [6.45, 7) is 6.23. The van der Waals surface area contributed by atoms with Gasteiger partial charge in [0.25, 0.3) is 0 Å². The molecule has 0 unspecified atom stereocenters. The molecule has 26 heavy (non-hydrogen) atoms. The third-order valence-electron chi connectivity index (χ3n) is 9.66. The van der Waals surface area contributed by atoms with Gasteiger partial charge >= 0.3 is 0 Å². The van der Waals surface area contributed by atoms with E-state index in [0.717, 1.165) is 47.7 Å². The molecule has 2 spiro atoms. The van der Waals surface area contributed by atoms with Crippen LogP contribution in [0.1, 0.15) is 52.4 Å². The molecule has 3 saturated carbocycles. The molecule has 0 aromatic rings. The van der Waals surface area contributed by atoms with E-state index in [0.29, 0.717) is 16.4 Å². The highest BCUT2D eigenvalue weighted by Crippen LogP contribution is 2.86. The monoisotopic (exact) mass is 388 g/mol. The Labute approximate surface area is 168 Å². The summed E-state index contributed by atoms with van der Waals surface area (Å²) < 4.78 is 6.16. The third kappa shape index (κ3) is 1.92. The van der Waals surface area contributed by atoms with Gasteiger partial charge in [-0.25, -0.2) is 0 Å². The molecule has 0 radical (unpaired) electrons. The van der Waals surface area contributed by atoms with E-state index in [1.165, 1.54) is 38.5 Å². The standard InChI is InChI=1S/C23H32OS2/c1-14-9-15-10-17(26-8-7-25)3-4-18(15)19-5-6-21(2)22(13-24-22)11-16-12-23(16,21)20(14)19/h9-10,14,16,18-20,25H,3-8,11-13H2,1-2H3/t14-,16-,18+,19-,20-,21-,22-,23-/m1/s1. The van der Waals surface area contributed by atoms with Crippen LogP contribution in [0.2, 0.25) is 0 Å². The molecule has 1 aliphatic heterocycles. The number of thiol groups is 1. The highest BCUT2D eigenvalue weighted by atomic mass is 32.2. The van der Waals surface area contributed by atoms with Crippen LogP contribution in [0.15, 0.2) is 22.6 Å². The molecule has 1 saturated heterocycles. The first-order valence-corrected chi connectivity index (χ1v) is 12.5. The number of thioether (sulfide) groups is 1. The molecule has 0 aromatic heterocycles. The van der Waals surface area contributed by atoms with Gasteiger partial charge in [0.15, 0.2) is 0 Å². The van der Waals surface area contributed by atoms with Crippen molar-refractivity contribution in [1.82, 2.24) is 0 Å². The van der Waals surface area contributed by atoms with Crippen molar-refractivity contribution < 1.29 is 4.74 Å². The maximum atomic E-state index is 6.16. The Bertz CT molecular complexity index is 707. The molecule has 6 rings (SSSR count). The van der Waals surface area contributed by atoms with Gasteiger partial charge in [-0.1, -0.05) is 19.9 Å². The Morgan fingerprint density at radius 2 is 2.15 bits per heavy atom. The molecule has 0 N–H and O–H groups in total. The minimum absolute atomic E-state index is 0.299. The molecule has 6 aliphatic rings. The summed E-state index contributed by atoms with van der Waals surface area (Å²) in [7, 11) is 0. The fraction of sp³-hybridized carbons (Fsp3) is 0.826. The number of hydrogen-bond donors (Lipinski definition) is 1. The number of rotatable bonds is 3. The zero-order valence-electron chi connectivity index (χ0n) is 16.2. The van der Waals surface area contributed by atoms with E-state index in [-0.39, 0.29) is 0 Å². The van der Waals surface area contributed by atoms with Crippen molar-refractivity contribution >= 4 is 24.4 Å². The molecule has 142 valence electrons. The fourth-order valence-electron chi connectivity index (χ4n) is 8.57. The van der Waals surface area contributed by atoms with Crippen LogP contribution >= 0.6 is 24.4 Å². The van der Waals surface area contributed by atoms with Crippen molar-refractivity contribution in [2.24, 2.45) is 40.4 Å². The van der Waals surface area contributed by atoms with E-state index >= 15 is 0 Å². The Kier molecular flexibility index (Phi) is 3.53. The maximum Gasteiger partial charge on any atom is 0.0978 e. The van der Waals surface area contributed by atoms with Crippen molar-refractivity contribution in [1.29, 1.82) is 0 Å². The summed E-state index contributed by atoms with van der Waals surface area (Å²) in [4.78, 5) is 1.61. The molecule has 1 heterocycles. The largest absolute Gasteiger partial charge is 0.369 e. The lowest BCUT2D eigenvalue weighted by molar-refractivity contribution is -0.0694. The Morgan fingerprint density at radius 3 is 2.92 bits per heavy atom. The second-order valence-corrected chi connectivity index (χ2v) is 12.0. The van der Waals surface area contributed by atoms with Crippen LogP contribution in [0.25, 0.3) is 0 Å². The molecule has 0 aromatic carbocycles. The van der Waals surface area contributed by atoms with Crippen molar-refractivity contribution in [3.8, 4) is 0 Å². The summed E-state index contributed by atoms with van der Waals surface area (Å²) >= 11 is 6.43. The van der Waals surface area contributed by atoms with Gasteiger partial charge in [0.05, 0.1) is 12.2 Å². The van der Waals surface area contributed by atoms with E-state index in [9.17, 15) is 0 Å². The Hall–Kier alpha value is 0.140. The summed E-state index contributed by atoms with van der Waals surface area (Å²) in [6, 6.07) is 0. The van der Waals surface area contributed by atoms with Crippen LogP contribution in [-0.2, 0) is 4.74 Å². The number of ether oxygens (including phenoxy) is 1. The quantitative estimate of drug-likeness (QED) is 0.489. The van der Waals surface area contributed by atoms with E-state index < -0.39 is 0 Å². The number of epoxide rings is 1. The predicted molar refractivity (Wildman–Crippen MR) is 113 cm³/mol. The minimum Gasteiger partial charge on any atom is -0.369 e. The minimum atomic E-state index is 0.299. The van der Waals surface area contributed by atoms with Crippen LogP contribution in [0.5, 0.6) is 0 Å². The van der Waals surface area contributed by atoms with Gasteiger partial charge in [-0.3, -0.25) is 0 Å². The van der Waals surface area contributed by atoms with Gasteiger partial charge in [0, 0.05) is 11.2 Å². The van der Waals surface area contributed by atoms with Gasteiger partial charge in [-0.05, 0) is 95.8 Å². The molecular weight excluding hydrogens is 356 g/mol. The lowest BCUT2D eigenvalue weighted by atomic mass is 9.47. The van der Waals surface area contributed by atoms with Gasteiger partial charge in [-0.15, -0.1) is 11.8 Å². The molecular formula is C23H32OS2. The van der Waals surface area contributed by atoms with Crippen molar-refractivity contribution in [2.75, 3.05) is 18.1 Å². The van der Waals surface area contributed by atoms with Crippen molar-refractivity contribution in [3.05, 3.63) is 22.6 Å². The first-order chi connectivity index (χ1) is 12.5. The van der Waals surface area contributed by atoms with Crippen molar-refractivity contribution in [2.45, 2.75) is 58.0 Å². The topological polar surface area (TPSA) is 12.5 Å². The average Bonchev–Trinajstić information content (AvgIpc) is 3.53. The Balaban J connectivity index is 1.35. The highest BCUT2D eigenvalue weighted by molar-refractivity contribution is 8.03. The summed E-state index contributed by atoms with van der Waals surface area (Å²) in [5.74, 6) is 6.55. The SMILES string of the molecule is C[C@@H]1C=C2C=C(SCCS)CC[C@@H]2[C@H]2CC[C@]3(C)[C@]4(CO4)C[C@@H]4C[C@]43[C@@H]21. The number of allylic oxidation sites excluding steroid dienone is 4. The molecule has 0 amide bonds. The normalized spacial score (nSPS) is 56.0. The van der Waals surface area contributed by atoms with Crippen LogP contribution in [0, 0.1) is 40.4 Å². The van der Waals surface area contributed by atoms with Gasteiger partial charge in [0.2, 0.25) is 0 Å².